The number of rotatable bonds is 3. The van der Waals surface area contributed by atoms with Crippen LogP contribution >= 0.6 is 11.3 Å². The molecule has 0 bridgehead atoms. The summed E-state index contributed by atoms with van der Waals surface area (Å²) in [4.78, 5) is 0. The number of hydrogen-bond donors (Lipinski definition) is 1. The fourth-order valence-electron chi connectivity index (χ4n) is 2.05. The van der Waals surface area contributed by atoms with Gasteiger partial charge in [-0.15, -0.1) is 0 Å². The van der Waals surface area contributed by atoms with E-state index in [4.69, 9.17) is 4.74 Å². The van der Waals surface area contributed by atoms with E-state index in [2.05, 4.69) is 19.2 Å². The van der Waals surface area contributed by atoms with Crippen molar-refractivity contribution in [2.75, 3.05) is 7.11 Å². The first kappa shape index (κ1) is 12.0. The van der Waals surface area contributed by atoms with E-state index < -0.39 is 0 Å². The number of phenols is 1. The maximum Gasteiger partial charge on any atom is 0.127 e. The quantitative estimate of drug-likeness (QED) is 0.879. The first-order valence-corrected chi connectivity index (χ1v) is 6.51. The standard InChI is InChI=1S/C14H16O2S/c1-9(2)13-11(15)4-5-12(16-3)14(13)10-6-7-17-8-10/h4-9,15H,1-3H3. The molecule has 0 fully saturated rings. The van der Waals surface area contributed by atoms with Crippen LogP contribution in [0.4, 0.5) is 0 Å². The summed E-state index contributed by atoms with van der Waals surface area (Å²) in [6, 6.07) is 5.56. The van der Waals surface area contributed by atoms with Gasteiger partial charge in [0, 0.05) is 11.1 Å². The molecule has 3 heteroatoms. The van der Waals surface area contributed by atoms with Gasteiger partial charge in [-0.2, -0.15) is 11.3 Å². The molecule has 1 aromatic carbocycles. The van der Waals surface area contributed by atoms with E-state index in [1.54, 1.807) is 24.5 Å². The summed E-state index contributed by atoms with van der Waals surface area (Å²) in [7, 11) is 1.66. The number of hydrogen-bond acceptors (Lipinski definition) is 3. The van der Waals surface area contributed by atoms with E-state index in [1.807, 2.05) is 17.5 Å². The van der Waals surface area contributed by atoms with Crippen LogP contribution < -0.4 is 4.74 Å². The van der Waals surface area contributed by atoms with Gasteiger partial charge in [0.25, 0.3) is 0 Å². The maximum atomic E-state index is 10.0. The molecule has 0 saturated carbocycles. The van der Waals surface area contributed by atoms with E-state index in [0.717, 1.165) is 22.4 Å². The predicted octanol–water partition coefficient (Wildman–Crippen LogP) is 4.25. The van der Waals surface area contributed by atoms with Crippen molar-refractivity contribution >= 4 is 11.3 Å². The molecule has 90 valence electrons. The zero-order valence-electron chi connectivity index (χ0n) is 10.2. The van der Waals surface area contributed by atoms with Crippen LogP contribution in [0.1, 0.15) is 25.3 Å². The topological polar surface area (TPSA) is 29.5 Å². The Morgan fingerprint density at radius 2 is 2.00 bits per heavy atom. The van der Waals surface area contributed by atoms with Crippen LogP contribution in [-0.4, -0.2) is 12.2 Å². The van der Waals surface area contributed by atoms with E-state index in [-0.39, 0.29) is 5.92 Å². The van der Waals surface area contributed by atoms with E-state index in [0.29, 0.717) is 5.75 Å². The molecule has 17 heavy (non-hydrogen) atoms. The van der Waals surface area contributed by atoms with Crippen molar-refractivity contribution in [2.45, 2.75) is 19.8 Å². The fourth-order valence-corrected chi connectivity index (χ4v) is 2.69. The summed E-state index contributed by atoms with van der Waals surface area (Å²) in [6.45, 7) is 4.15. The number of aromatic hydroxyl groups is 1. The lowest BCUT2D eigenvalue weighted by Crippen LogP contribution is -1.96. The Kier molecular flexibility index (Phi) is 3.38. The summed E-state index contributed by atoms with van der Waals surface area (Å²) in [5, 5.41) is 14.1. The van der Waals surface area contributed by atoms with Crippen LogP contribution in [-0.2, 0) is 0 Å². The van der Waals surface area contributed by atoms with E-state index >= 15 is 0 Å². The summed E-state index contributed by atoms with van der Waals surface area (Å²) in [6.07, 6.45) is 0. The average Bonchev–Trinajstić information content (AvgIpc) is 2.81. The van der Waals surface area contributed by atoms with Gasteiger partial charge in [0.1, 0.15) is 11.5 Å². The SMILES string of the molecule is COc1ccc(O)c(C(C)C)c1-c1ccsc1. The molecular formula is C14H16O2S. The summed E-state index contributed by atoms with van der Waals surface area (Å²) in [5.41, 5.74) is 3.05. The largest absolute Gasteiger partial charge is 0.508 e. The molecule has 0 unspecified atom stereocenters. The summed E-state index contributed by atoms with van der Waals surface area (Å²) >= 11 is 1.64. The first-order valence-electron chi connectivity index (χ1n) is 5.57. The van der Waals surface area contributed by atoms with Crippen LogP contribution in [0.25, 0.3) is 11.1 Å². The molecule has 1 aromatic heterocycles. The minimum absolute atomic E-state index is 0.250. The van der Waals surface area contributed by atoms with Gasteiger partial charge >= 0.3 is 0 Å². The second-order valence-electron chi connectivity index (χ2n) is 4.24. The Morgan fingerprint density at radius 3 is 2.53 bits per heavy atom. The molecule has 2 nitrogen and oxygen atoms in total. The van der Waals surface area contributed by atoms with Gasteiger partial charge < -0.3 is 9.84 Å². The molecular weight excluding hydrogens is 232 g/mol. The minimum Gasteiger partial charge on any atom is -0.508 e. The molecule has 0 saturated heterocycles. The monoisotopic (exact) mass is 248 g/mol. The van der Waals surface area contributed by atoms with E-state index in [1.165, 1.54) is 0 Å². The Morgan fingerprint density at radius 1 is 1.24 bits per heavy atom. The van der Waals surface area contributed by atoms with Crippen molar-refractivity contribution in [1.82, 2.24) is 0 Å². The van der Waals surface area contributed by atoms with Crippen LogP contribution in [0.3, 0.4) is 0 Å². The number of benzene rings is 1. The lowest BCUT2D eigenvalue weighted by atomic mass is 9.92. The highest BCUT2D eigenvalue weighted by Crippen LogP contribution is 2.42. The van der Waals surface area contributed by atoms with Gasteiger partial charge in [-0.1, -0.05) is 13.8 Å². The van der Waals surface area contributed by atoms with Gasteiger partial charge in [-0.25, -0.2) is 0 Å². The third-order valence-corrected chi connectivity index (χ3v) is 3.47. The fraction of sp³-hybridized carbons (Fsp3) is 0.286. The smallest absolute Gasteiger partial charge is 0.127 e. The Hall–Kier alpha value is -1.48. The Labute approximate surface area is 105 Å². The van der Waals surface area contributed by atoms with Gasteiger partial charge in [-0.05, 0) is 40.4 Å². The third kappa shape index (κ3) is 2.15. The van der Waals surface area contributed by atoms with Crippen LogP contribution in [0.5, 0.6) is 11.5 Å². The number of thiophene rings is 1. The molecule has 2 aromatic rings. The first-order chi connectivity index (χ1) is 8.15. The highest BCUT2D eigenvalue weighted by Gasteiger charge is 2.18. The second kappa shape index (κ2) is 4.80. The van der Waals surface area contributed by atoms with Crippen molar-refractivity contribution < 1.29 is 9.84 Å². The third-order valence-electron chi connectivity index (χ3n) is 2.79. The summed E-state index contributed by atoms with van der Waals surface area (Å²) < 4.78 is 5.41. The van der Waals surface area contributed by atoms with Gasteiger partial charge in [0.15, 0.2) is 0 Å². The minimum atomic E-state index is 0.250. The van der Waals surface area contributed by atoms with Crippen molar-refractivity contribution in [2.24, 2.45) is 0 Å². The van der Waals surface area contributed by atoms with Crippen LogP contribution in [0.15, 0.2) is 29.0 Å². The molecule has 2 rings (SSSR count). The summed E-state index contributed by atoms with van der Waals surface area (Å²) in [5.74, 6) is 1.40. The molecule has 0 amide bonds. The van der Waals surface area contributed by atoms with Crippen molar-refractivity contribution in [3.63, 3.8) is 0 Å². The van der Waals surface area contributed by atoms with Gasteiger partial charge in [0.2, 0.25) is 0 Å². The van der Waals surface area contributed by atoms with Gasteiger partial charge in [-0.3, -0.25) is 0 Å². The number of methoxy groups -OCH3 is 1. The Balaban J connectivity index is 2.72. The van der Waals surface area contributed by atoms with Crippen LogP contribution in [0.2, 0.25) is 0 Å². The normalized spacial score (nSPS) is 10.8. The second-order valence-corrected chi connectivity index (χ2v) is 5.02. The lowest BCUT2D eigenvalue weighted by molar-refractivity contribution is 0.412. The molecule has 0 radical (unpaired) electrons. The molecule has 0 aliphatic rings. The van der Waals surface area contributed by atoms with Gasteiger partial charge in [0.05, 0.1) is 7.11 Å². The molecule has 1 N–H and O–H groups in total. The molecule has 0 atom stereocenters. The molecule has 1 heterocycles. The van der Waals surface area contributed by atoms with Crippen LogP contribution in [0, 0.1) is 0 Å². The van der Waals surface area contributed by atoms with Crippen molar-refractivity contribution in [1.29, 1.82) is 0 Å². The molecule has 0 aliphatic carbocycles. The van der Waals surface area contributed by atoms with E-state index in [9.17, 15) is 5.11 Å². The number of phenolic OH excluding ortho intramolecular Hbond substituents is 1. The zero-order valence-corrected chi connectivity index (χ0v) is 11.0. The molecule has 0 spiro atoms. The predicted molar refractivity (Wildman–Crippen MR) is 72.1 cm³/mol. The highest BCUT2D eigenvalue weighted by molar-refractivity contribution is 7.08. The lowest BCUT2D eigenvalue weighted by Gasteiger charge is -2.17. The van der Waals surface area contributed by atoms with Crippen molar-refractivity contribution in [3.8, 4) is 22.6 Å². The maximum absolute atomic E-state index is 10.0. The van der Waals surface area contributed by atoms with Crippen molar-refractivity contribution in [3.05, 3.63) is 34.5 Å². The Bertz CT molecular complexity index is 501. The number of ether oxygens (including phenoxy) is 1. The highest BCUT2D eigenvalue weighted by atomic mass is 32.1. The average molecular weight is 248 g/mol. The zero-order chi connectivity index (χ0) is 12.4. The molecule has 0 aliphatic heterocycles.